The van der Waals surface area contributed by atoms with Gasteiger partial charge >= 0.3 is 6.03 Å². The minimum atomic E-state index is -0.414. The summed E-state index contributed by atoms with van der Waals surface area (Å²) in [5.74, 6) is 1.88. The molecule has 1 N–H and O–H groups in total. The maximum absolute atomic E-state index is 11.3. The highest BCUT2D eigenvalue weighted by Gasteiger charge is 2.32. The molecule has 3 amide bonds. The fraction of sp³-hybridized carbons (Fsp3) is 0.385. The minimum absolute atomic E-state index is 0.107. The largest absolute Gasteiger partial charge is 0.496 e. The second-order valence-electron chi connectivity index (χ2n) is 4.26. The van der Waals surface area contributed by atoms with E-state index >= 15 is 0 Å². The van der Waals surface area contributed by atoms with Crippen LogP contribution in [0.15, 0.2) is 18.2 Å². The van der Waals surface area contributed by atoms with Crippen LogP contribution in [0.25, 0.3) is 0 Å². The zero-order valence-electron chi connectivity index (χ0n) is 11.3. The summed E-state index contributed by atoms with van der Waals surface area (Å²) in [6.07, 6.45) is 0.257. The van der Waals surface area contributed by atoms with Crippen molar-refractivity contribution in [3.8, 4) is 17.2 Å². The van der Waals surface area contributed by atoms with E-state index in [0.29, 0.717) is 36.7 Å². The Morgan fingerprint density at radius 3 is 2.25 bits per heavy atom. The average Bonchev–Trinajstić information content (AvgIpc) is 2.42. The molecule has 0 aromatic heterocycles. The lowest BCUT2D eigenvalue weighted by molar-refractivity contribution is -0.109. The normalized spacial score (nSPS) is 14.2. The molecule has 1 aromatic carbocycles. The van der Waals surface area contributed by atoms with Gasteiger partial charge < -0.3 is 19.1 Å². The number of nitrogens with one attached hydrogen (secondary N) is 1. The molecule has 0 atom stereocenters. The molecule has 1 aliphatic heterocycles. The molecular weight excluding hydrogens is 264 g/mol. The smallest absolute Gasteiger partial charge is 0.324 e. The van der Waals surface area contributed by atoms with Crippen LogP contribution in [0.2, 0.25) is 0 Å². The van der Waals surface area contributed by atoms with Crippen LogP contribution < -0.4 is 19.5 Å². The van der Waals surface area contributed by atoms with Gasteiger partial charge in [-0.1, -0.05) is 0 Å². The molecule has 0 bridgehead atoms. The van der Waals surface area contributed by atoms with Crippen LogP contribution in [0, 0.1) is 0 Å². The van der Waals surface area contributed by atoms with Gasteiger partial charge in [-0.3, -0.25) is 10.1 Å². The van der Waals surface area contributed by atoms with Crippen molar-refractivity contribution in [2.45, 2.75) is 6.10 Å². The van der Waals surface area contributed by atoms with Crippen molar-refractivity contribution in [2.75, 3.05) is 27.3 Å². The molecule has 1 fully saturated rings. The average molecular weight is 280 g/mol. The number of carbonyl (C=O) groups is 2. The Labute approximate surface area is 116 Å². The molecule has 2 rings (SSSR count). The van der Waals surface area contributed by atoms with Gasteiger partial charge in [0, 0.05) is 18.2 Å². The number of ether oxygens (including phenoxy) is 3. The lowest BCUT2D eigenvalue weighted by atomic mass is 10.2. The van der Waals surface area contributed by atoms with Gasteiger partial charge in [-0.05, 0) is 0 Å². The highest BCUT2D eigenvalue weighted by atomic mass is 16.5. The standard InChI is InChI=1S/C13H16N2O5/c1-18-9-3-10(19-2)5-11(4-9)20-12-6-15(7-12)13(17)14-8-16/h3-5,8,12H,6-7H2,1-2H3,(H,14,16,17). The lowest BCUT2D eigenvalue weighted by Gasteiger charge is -2.38. The van der Waals surface area contributed by atoms with Crippen LogP contribution >= 0.6 is 0 Å². The number of likely N-dealkylation sites (tertiary alicyclic amines) is 1. The van der Waals surface area contributed by atoms with E-state index in [0.717, 1.165) is 0 Å². The predicted molar refractivity (Wildman–Crippen MR) is 70.1 cm³/mol. The maximum atomic E-state index is 11.3. The SMILES string of the molecule is COc1cc(OC)cc(OC2CN(C(=O)NC=O)C2)c1. The molecule has 20 heavy (non-hydrogen) atoms. The molecule has 1 heterocycles. The van der Waals surface area contributed by atoms with Crippen LogP contribution in [-0.2, 0) is 4.79 Å². The zero-order chi connectivity index (χ0) is 14.5. The molecule has 1 aromatic rings. The highest BCUT2D eigenvalue weighted by molar-refractivity contribution is 5.85. The number of carbonyl (C=O) groups excluding carboxylic acids is 2. The Morgan fingerprint density at radius 2 is 1.75 bits per heavy atom. The van der Waals surface area contributed by atoms with Gasteiger partial charge in [0.2, 0.25) is 6.41 Å². The lowest BCUT2D eigenvalue weighted by Crippen LogP contribution is -2.58. The van der Waals surface area contributed by atoms with E-state index in [1.165, 1.54) is 4.90 Å². The number of benzene rings is 1. The van der Waals surface area contributed by atoms with Gasteiger partial charge in [-0.15, -0.1) is 0 Å². The molecule has 0 saturated carbocycles. The summed E-state index contributed by atoms with van der Waals surface area (Å²) in [6, 6.07) is 4.83. The summed E-state index contributed by atoms with van der Waals surface area (Å²) in [6.45, 7) is 0.860. The van der Waals surface area contributed by atoms with Crippen molar-refractivity contribution in [2.24, 2.45) is 0 Å². The maximum Gasteiger partial charge on any atom is 0.324 e. The van der Waals surface area contributed by atoms with E-state index < -0.39 is 6.03 Å². The third kappa shape index (κ3) is 3.11. The minimum Gasteiger partial charge on any atom is -0.496 e. The summed E-state index contributed by atoms with van der Waals surface area (Å²) < 4.78 is 16.0. The number of imide groups is 1. The van der Waals surface area contributed by atoms with Gasteiger partial charge in [-0.25, -0.2) is 4.79 Å². The first-order valence-electron chi connectivity index (χ1n) is 6.05. The van der Waals surface area contributed by atoms with Crippen molar-refractivity contribution in [3.05, 3.63) is 18.2 Å². The van der Waals surface area contributed by atoms with E-state index in [1.54, 1.807) is 32.4 Å². The van der Waals surface area contributed by atoms with Gasteiger partial charge in [0.25, 0.3) is 0 Å². The summed E-state index contributed by atoms with van der Waals surface area (Å²) in [4.78, 5) is 23.0. The number of rotatable bonds is 5. The summed E-state index contributed by atoms with van der Waals surface area (Å²) in [5, 5.41) is 2.08. The fourth-order valence-electron chi connectivity index (χ4n) is 1.86. The number of hydrogen-bond donors (Lipinski definition) is 1. The van der Waals surface area contributed by atoms with Crippen LogP contribution in [0.1, 0.15) is 0 Å². The first-order valence-corrected chi connectivity index (χ1v) is 6.05. The Balaban J connectivity index is 1.92. The van der Waals surface area contributed by atoms with E-state index in [1.807, 2.05) is 0 Å². The molecule has 0 radical (unpaired) electrons. The van der Waals surface area contributed by atoms with Crippen molar-refractivity contribution in [1.29, 1.82) is 0 Å². The third-order valence-corrected chi connectivity index (χ3v) is 2.95. The fourth-order valence-corrected chi connectivity index (χ4v) is 1.86. The van der Waals surface area contributed by atoms with E-state index in [4.69, 9.17) is 14.2 Å². The van der Waals surface area contributed by atoms with Gasteiger partial charge in [-0.2, -0.15) is 0 Å². The van der Waals surface area contributed by atoms with Crippen LogP contribution in [0.4, 0.5) is 4.79 Å². The molecule has 7 nitrogen and oxygen atoms in total. The summed E-state index contributed by atoms with van der Waals surface area (Å²) in [7, 11) is 3.13. The van der Waals surface area contributed by atoms with Crippen molar-refractivity contribution in [3.63, 3.8) is 0 Å². The molecule has 1 aliphatic rings. The summed E-state index contributed by atoms with van der Waals surface area (Å²) in [5.41, 5.74) is 0. The first-order chi connectivity index (χ1) is 9.66. The molecule has 108 valence electrons. The molecular formula is C13H16N2O5. The molecule has 0 spiro atoms. The third-order valence-electron chi connectivity index (χ3n) is 2.95. The highest BCUT2D eigenvalue weighted by Crippen LogP contribution is 2.29. The van der Waals surface area contributed by atoms with Gasteiger partial charge in [0.1, 0.15) is 23.4 Å². The molecule has 7 heteroatoms. The van der Waals surface area contributed by atoms with Crippen LogP contribution in [-0.4, -0.2) is 50.8 Å². The number of hydrogen-bond acceptors (Lipinski definition) is 5. The first kappa shape index (κ1) is 14.0. The Bertz CT molecular complexity index is 477. The molecule has 0 unspecified atom stereocenters. The Morgan fingerprint density at radius 1 is 1.20 bits per heavy atom. The second kappa shape index (κ2) is 6.14. The van der Waals surface area contributed by atoms with Crippen LogP contribution in [0.5, 0.6) is 17.2 Å². The second-order valence-corrected chi connectivity index (χ2v) is 4.26. The summed E-state index contributed by atoms with van der Waals surface area (Å²) >= 11 is 0. The Hall–Kier alpha value is -2.44. The molecule has 0 aliphatic carbocycles. The van der Waals surface area contributed by atoms with Crippen molar-refractivity contribution in [1.82, 2.24) is 10.2 Å². The number of nitrogens with zero attached hydrogens (tertiary/aromatic N) is 1. The van der Waals surface area contributed by atoms with E-state index in [9.17, 15) is 9.59 Å². The number of methoxy groups -OCH3 is 2. The van der Waals surface area contributed by atoms with Crippen molar-refractivity contribution >= 4 is 12.4 Å². The van der Waals surface area contributed by atoms with Gasteiger partial charge in [0.05, 0.1) is 27.3 Å². The van der Waals surface area contributed by atoms with Gasteiger partial charge in [0.15, 0.2) is 0 Å². The monoisotopic (exact) mass is 280 g/mol. The Kier molecular flexibility index (Phi) is 4.29. The predicted octanol–water partition coefficient (Wildman–Crippen LogP) is 0.633. The quantitative estimate of drug-likeness (QED) is 0.801. The van der Waals surface area contributed by atoms with Crippen molar-refractivity contribution < 1.29 is 23.8 Å². The molecule has 1 saturated heterocycles. The zero-order valence-corrected chi connectivity index (χ0v) is 11.3. The van der Waals surface area contributed by atoms with E-state index in [2.05, 4.69) is 5.32 Å². The number of urea groups is 1. The van der Waals surface area contributed by atoms with Crippen LogP contribution in [0.3, 0.4) is 0 Å². The number of amides is 3. The van der Waals surface area contributed by atoms with E-state index in [-0.39, 0.29) is 6.10 Å². The topological polar surface area (TPSA) is 77.1 Å².